The molecule has 1 fully saturated rings. The molecule has 26 heavy (non-hydrogen) atoms. The van der Waals surface area contributed by atoms with Crippen LogP contribution in [-0.4, -0.2) is 58.3 Å². The molecule has 0 spiro atoms. The van der Waals surface area contributed by atoms with E-state index in [0.29, 0.717) is 24.7 Å². The highest BCUT2D eigenvalue weighted by molar-refractivity contribution is 5.77. The minimum atomic E-state index is -4.47. The summed E-state index contributed by atoms with van der Waals surface area (Å²) in [5, 5.41) is 11.3. The summed E-state index contributed by atoms with van der Waals surface area (Å²) < 4.78 is 36.9. The SMILES string of the molecule is O=C(CC(F)(F)F)N1CCN(c2ccc(Nc3ccncc3)nn2)CC1. The number of carbonyl (C=O) groups is 1. The van der Waals surface area contributed by atoms with Gasteiger partial charge in [-0.05, 0) is 24.3 Å². The molecule has 0 radical (unpaired) electrons. The van der Waals surface area contributed by atoms with Gasteiger partial charge >= 0.3 is 6.18 Å². The van der Waals surface area contributed by atoms with Gasteiger partial charge in [-0.3, -0.25) is 9.78 Å². The summed E-state index contributed by atoms with van der Waals surface area (Å²) in [5.74, 6) is 0.298. The molecule has 0 bridgehead atoms. The summed E-state index contributed by atoms with van der Waals surface area (Å²) in [5.41, 5.74) is 0.832. The maximum Gasteiger partial charge on any atom is 0.397 e. The first-order chi connectivity index (χ1) is 12.4. The third-order valence-electron chi connectivity index (χ3n) is 3.91. The molecule has 0 aliphatic carbocycles. The van der Waals surface area contributed by atoms with Crippen LogP contribution in [0.4, 0.5) is 30.5 Å². The number of nitrogens with zero attached hydrogens (tertiary/aromatic N) is 5. The Hall–Kier alpha value is -2.91. The van der Waals surface area contributed by atoms with E-state index < -0.39 is 18.5 Å². The normalized spacial score (nSPS) is 15.0. The Morgan fingerprint density at radius 2 is 1.73 bits per heavy atom. The second-order valence-corrected chi connectivity index (χ2v) is 5.80. The summed E-state index contributed by atoms with van der Waals surface area (Å²) in [6.45, 7) is 1.28. The highest BCUT2D eigenvalue weighted by Crippen LogP contribution is 2.22. The number of anilines is 3. The molecule has 3 heterocycles. The Morgan fingerprint density at radius 1 is 1.04 bits per heavy atom. The highest BCUT2D eigenvalue weighted by atomic mass is 19.4. The van der Waals surface area contributed by atoms with Crippen LogP contribution in [0.3, 0.4) is 0 Å². The summed E-state index contributed by atoms with van der Waals surface area (Å²) in [4.78, 5) is 18.7. The quantitative estimate of drug-likeness (QED) is 0.894. The fraction of sp³-hybridized carbons (Fsp3) is 0.375. The number of amides is 1. The van der Waals surface area contributed by atoms with E-state index in [-0.39, 0.29) is 13.1 Å². The van der Waals surface area contributed by atoms with Crippen LogP contribution in [0, 0.1) is 0 Å². The number of halogens is 3. The minimum Gasteiger partial charge on any atom is -0.352 e. The standard InChI is InChI=1S/C16H17F3N6O/c17-16(18,19)11-15(26)25-9-7-24(8-10-25)14-2-1-13(22-23-14)21-12-3-5-20-6-4-12/h1-6H,7-11H2,(H,20,21,22). The van der Waals surface area contributed by atoms with Gasteiger partial charge in [-0.1, -0.05) is 0 Å². The Labute approximate surface area is 147 Å². The molecule has 1 amide bonds. The van der Waals surface area contributed by atoms with Crippen molar-refractivity contribution in [3.63, 3.8) is 0 Å². The maximum atomic E-state index is 12.3. The van der Waals surface area contributed by atoms with Crippen molar-refractivity contribution >= 4 is 23.2 Å². The van der Waals surface area contributed by atoms with Crippen molar-refractivity contribution in [2.75, 3.05) is 36.4 Å². The lowest BCUT2D eigenvalue weighted by Crippen LogP contribution is -2.49. The van der Waals surface area contributed by atoms with Gasteiger partial charge in [0.2, 0.25) is 5.91 Å². The first-order valence-electron chi connectivity index (χ1n) is 8.01. The Balaban J connectivity index is 1.54. The number of carbonyl (C=O) groups excluding carboxylic acids is 1. The number of pyridine rings is 1. The minimum absolute atomic E-state index is 0.230. The van der Waals surface area contributed by atoms with E-state index >= 15 is 0 Å². The lowest BCUT2D eigenvalue weighted by atomic mass is 10.2. The molecule has 0 unspecified atom stereocenters. The van der Waals surface area contributed by atoms with E-state index in [4.69, 9.17) is 0 Å². The molecule has 0 aromatic carbocycles. The maximum absolute atomic E-state index is 12.3. The fourth-order valence-corrected chi connectivity index (χ4v) is 2.61. The highest BCUT2D eigenvalue weighted by Gasteiger charge is 2.34. The van der Waals surface area contributed by atoms with Gasteiger partial charge in [0.05, 0.1) is 0 Å². The van der Waals surface area contributed by atoms with Crippen LogP contribution in [0.15, 0.2) is 36.7 Å². The number of alkyl halides is 3. The van der Waals surface area contributed by atoms with Crippen molar-refractivity contribution in [3.05, 3.63) is 36.7 Å². The largest absolute Gasteiger partial charge is 0.397 e. The number of hydrogen-bond acceptors (Lipinski definition) is 6. The molecule has 1 aliphatic heterocycles. The second-order valence-electron chi connectivity index (χ2n) is 5.80. The molecule has 1 saturated heterocycles. The molecule has 138 valence electrons. The van der Waals surface area contributed by atoms with Crippen LogP contribution >= 0.6 is 0 Å². The van der Waals surface area contributed by atoms with E-state index in [1.54, 1.807) is 36.7 Å². The van der Waals surface area contributed by atoms with E-state index in [2.05, 4.69) is 20.5 Å². The summed E-state index contributed by atoms with van der Waals surface area (Å²) in [6, 6.07) is 7.15. The van der Waals surface area contributed by atoms with Gasteiger partial charge < -0.3 is 15.1 Å². The van der Waals surface area contributed by atoms with E-state index in [1.807, 2.05) is 4.90 Å². The zero-order chi connectivity index (χ0) is 18.6. The first-order valence-corrected chi connectivity index (χ1v) is 8.01. The zero-order valence-electron chi connectivity index (χ0n) is 13.8. The fourth-order valence-electron chi connectivity index (χ4n) is 2.61. The lowest BCUT2D eigenvalue weighted by Gasteiger charge is -2.35. The van der Waals surface area contributed by atoms with Gasteiger partial charge in [0.25, 0.3) is 0 Å². The molecule has 10 heteroatoms. The molecule has 2 aromatic heterocycles. The topological polar surface area (TPSA) is 74.2 Å². The third kappa shape index (κ3) is 4.80. The van der Waals surface area contributed by atoms with Crippen molar-refractivity contribution in [1.29, 1.82) is 0 Å². The smallest absolute Gasteiger partial charge is 0.352 e. The lowest BCUT2D eigenvalue weighted by molar-refractivity contribution is -0.161. The molecule has 0 saturated carbocycles. The molecular weight excluding hydrogens is 349 g/mol. The number of hydrogen-bond donors (Lipinski definition) is 1. The third-order valence-corrected chi connectivity index (χ3v) is 3.91. The van der Waals surface area contributed by atoms with Crippen molar-refractivity contribution in [3.8, 4) is 0 Å². The van der Waals surface area contributed by atoms with Crippen molar-refractivity contribution in [2.24, 2.45) is 0 Å². The van der Waals surface area contributed by atoms with Crippen molar-refractivity contribution in [1.82, 2.24) is 20.1 Å². The van der Waals surface area contributed by atoms with Crippen LogP contribution in [0.25, 0.3) is 0 Å². The van der Waals surface area contributed by atoms with Crippen molar-refractivity contribution in [2.45, 2.75) is 12.6 Å². The summed E-state index contributed by atoms with van der Waals surface area (Å²) in [6.07, 6.45) is -2.58. The average Bonchev–Trinajstić information content (AvgIpc) is 2.62. The first kappa shape index (κ1) is 17.9. The Bertz CT molecular complexity index is 730. The van der Waals surface area contributed by atoms with Crippen LogP contribution < -0.4 is 10.2 Å². The number of nitrogens with one attached hydrogen (secondary N) is 1. The molecule has 0 atom stereocenters. The predicted octanol–water partition coefficient (Wildman–Crippen LogP) is 2.22. The predicted molar refractivity (Wildman–Crippen MR) is 89.0 cm³/mol. The van der Waals surface area contributed by atoms with Crippen LogP contribution in [0.2, 0.25) is 0 Å². The number of piperazine rings is 1. The van der Waals surface area contributed by atoms with Crippen LogP contribution in [0.5, 0.6) is 0 Å². The van der Waals surface area contributed by atoms with E-state index in [0.717, 1.165) is 5.69 Å². The van der Waals surface area contributed by atoms with E-state index in [1.165, 1.54) is 4.90 Å². The molecule has 2 aromatic rings. The molecule has 1 aliphatic rings. The van der Waals surface area contributed by atoms with Gasteiger partial charge in [0.15, 0.2) is 11.6 Å². The molecule has 1 N–H and O–H groups in total. The Kier molecular flexibility index (Phi) is 5.19. The molecular formula is C16H17F3N6O. The van der Waals surface area contributed by atoms with Crippen molar-refractivity contribution < 1.29 is 18.0 Å². The van der Waals surface area contributed by atoms with Crippen LogP contribution in [0.1, 0.15) is 6.42 Å². The van der Waals surface area contributed by atoms with Gasteiger partial charge in [-0.2, -0.15) is 13.2 Å². The van der Waals surface area contributed by atoms with Crippen LogP contribution in [-0.2, 0) is 4.79 Å². The molecule has 3 rings (SSSR count). The summed E-state index contributed by atoms with van der Waals surface area (Å²) >= 11 is 0. The number of rotatable bonds is 4. The zero-order valence-corrected chi connectivity index (χ0v) is 13.8. The number of aromatic nitrogens is 3. The molecule has 7 nitrogen and oxygen atoms in total. The summed E-state index contributed by atoms with van der Waals surface area (Å²) in [7, 11) is 0. The Morgan fingerprint density at radius 3 is 2.31 bits per heavy atom. The van der Waals surface area contributed by atoms with Gasteiger partial charge in [-0.15, -0.1) is 10.2 Å². The van der Waals surface area contributed by atoms with Gasteiger partial charge in [-0.25, -0.2) is 0 Å². The van der Waals surface area contributed by atoms with Gasteiger partial charge in [0.1, 0.15) is 6.42 Å². The van der Waals surface area contributed by atoms with Gasteiger partial charge in [0, 0.05) is 44.3 Å². The van der Waals surface area contributed by atoms with E-state index in [9.17, 15) is 18.0 Å². The monoisotopic (exact) mass is 366 g/mol. The average molecular weight is 366 g/mol. The second kappa shape index (κ2) is 7.54.